The van der Waals surface area contributed by atoms with Gasteiger partial charge in [-0.2, -0.15) is 0 Å². The highest BCUT2D eigenvalue weighted by atomic mass is 32.2. The highest BCUT2D eigenvalue weighted by molar-refractivity contribution is 7.98. The summed E-state index contributed by atoms with van der Waals surface area (Å²) in [6.45, 7) is 4.23. The van der Waals surface area contributed by atoms with Gasteiger partial charge in [-0.15, -0.1) is 11.8 Å². The quantitative estimate of drug-likeness (QED) is 0.676. The Morgan fingerprint density at radius 3 is 2.66 bits per heavy atom. The SMILES string of the molecule is Cc1cccc2c1SCc1ccccc1C2N1CNC(=O)c2c(C)c(=O)ccn21. The van der Waals surface area contributed by atoms with E-state index in [4.69, 9.17) is 0 Å². The van der Waals surface area contributed by atoms with Gasteiger partial charge >= 0.3 is 0 Å². The van der Waals surface area contributed by atoms with E-state index in [2.05, 4.69) is 59.7 Å². The van der Waals surface area contributed by atoms with Gasteiger partial charge in [0.1, 0.15) is 12.4 Å². The molecule has 5 rings (SSSR count). The second-order valence-electron chi connectivity index (χ2n) is 7.48. The first-order chi connectivity index (χ1) is 14.1. The lowest BCUT2D eigenvalue weighted by atomic mass is 9.93. The zero-order chi connectivity index (χ0) is 20.1. The van der Waals surface area contributed by atoms with Crippen molar-refractivity contribution < 1.29 is 4.79 Å². The Balaban J connectivity index is 1.78. The summed E-state index contributed by atoms with van der Waals surface area (Å²) >= 11 is 1.86. The summed E-state index contributed by atoms with van der Waals surface area (Å²) in [6, 6.07) is 16.4. The Kier molecular flexibility index (Phi) is 4.24. The van der Waals surface area contributed by atoms with Gasteiger partial charge in [-0.25, -0.2) is 0 Å². The van der Waals surface area contributed by atoms with Crippen LogP contribution in [0.3, 0.4) is 0 Å². The summed E-state index contributed by atoms with van der Waals surface area (Å²) in [5.74, 6) is 0.693. The first kappa shape index (κ1) is 18.1. The third kappa shape index (κ3) is 2.78. The third-order valence-corrected chi connectivity index (χ3v) is 7.07. The summed E-state index contributed by atoms with van der Waals surface area (Å²) in [5.41, 5.74) is 5.74. The maximum absolute atomic E-state index is 12.6. The van der Waals surface area contributed by atoms with Gasteiger partial charge in [0.15, 0.2) is 5.43 Å². The van der Waals surface area contributed by atoms with Gasteiger partial charge < -0.3 is 5.32 Å². The van der Waals surface area contributed by atoms with Gasteiger partial charge in [0.25, 0.3) is 5.91 Å². The average molecular weight is 404 g/mol. The number of nitrogens with zero attached hydrogens (tertiary/aromatic N) is 2. The molecule has 2 aliphatic rings. The molecule has 1 unspecified atom stereocenters. The largest absolute Gasteiger partial charge is 0.332 e. The molecule has 1 aromatic heterocycles. The van der Waals surface area contributed by atoms with E-state index in [0.717, 1.165) is 5.75 Å². The number of nitrogens with one attached hydrogen (secondary N) is 1. The number of hydrogen-bond donors (Lipinski definition) is 1. The van der Waals surface area contributed by atoms with Gasteiger partial charge in [0.05, 0.1) is 6.04 Å². The summed E-state index contributed by atoms with van der Waals surface area (Å²) in [6.07, 6.45) is 1.72. The third-order valence-electron chi connectivity index (χ3n) is 5.77. The zero-order valence-corrected chi connectivity index (χ0v) is 17.1. The maximum atomic E-state index is 12.6. The minimum atomic E-state index is -0.211. The molecule has 1 atom stereocenters. The summed E-state index contributed by atoms with van der Waals surface area (Å²) in [4.78, 5) is 26.1. The molecule has 2 aromatic carbocycles. The van der Waals surface area contributed by atoms with Crippen LogP contribution in [0, 0.1) is 13.8 Å². The van der Waals surface area contributed by atoms with Crippen molar-refractivity contribution in [2.24, 2.45) is 0 Å². The molecule has 29 heavy (non-hydrogen) atoms. The van der Waals surface area contributed by atoms with Crippen molar-refractivity contribution >= 4 is 17.7 Å². The molecule has 0 spiro atoms. The molecule has 0 saturated carbocycles. The van der Waals surface area contributed by atoms with Gasteiger partial charge in [-0.3, -0.25) is 19.3 Å². The number of pyridine rings is 1. The number of thioether (sulfide) groups is 1. The molecule has 0 saturated heterocycles. The molecule has 2 aliphatic heterocycles. The maximum Gasteiger partial charge on any atom is 0.271 e. The van der Waals surface area contributed by atoms with Crippen LogP contribution in [0.4, 0.5) is 0 Å². The van der Waals surface area contributed by atoms with Crippen molar-refractivity contribution in [1.29, 1.82) is 0 Å². The van der Waals surface area contributed by atoms with Crippen LogP contribution in [0.1, 0.15) is 44.3 Å². The molecule has 1 N–H and O–H groups in total. The predicted octanol–water partition coefficient (Wildman–Crippen LogP) is 3.50. The van der Waals surface area contributed by atoms with Crippen molar-refractivity contribution in [3.05, 3.63) is 98.5 Å². The molecule has 6 heteroatoms. The number of aryl methyl sites for hydroxylation is 1. The van der Waals surface area contributed by atoms with Crippen LogP contribution in [0.2, 0.25) is 0 Å². The standard InChI is InChI=1S/C23H21N3O2S/c1-14-6-5-9-18-21(17-8-4-3-7-16(17)12-29-22(14)18)26-13-24-23(28)20-15(2)19(27)10-11-25(20)26/h3-11,21H,12-13H2,1-2H3,(H,24,28). The monoisotopic (exact) mass is 403 g/mol. The van der Waals surface area contributed by atoms with Crippen LogP contribution in [0.15, 0.2) is 64.4 Å². The predicted molar refractivity (Wildman–Crippen MR) is 115 cm³/mol. The van der Waals surface area contributed by atoms with Crippen LogP contribution in [-0.4, -0.2) is 17.3 Å². The molecule has 0 bridgehead atoms. The molecular formula is C23H21N3O2S. The molecule has 5 nitrogen and oxygen atoms in total. The number of fused-ring (bicyclic) bond motifs is 3. The minimum Gasteiger partial charge on any atom is -0.332 e. The van der Waals surface area contributed by atoms with Crippen molar-refractivity contribution in [1.82, 2.24) is 9.99 Å². The Bertz CT molecular complexity index is 1200. The molecule has 3 heterocycles. The van der Waals surface area contributed by atoms with E-state index in [1.54, 1.807) is 19.2 Å². The second kappa shape index (κ2) is 6.81. The molecule has 1 amide bonds. The summed E-state index contributed by atoms with van der Waals surface area (Å²) < 4.78 is 1.86. The Morgan fingerprint density at radius 2 is 1.79 bits per heavy atom. The first-order valence-corrected chi connectivity index (χ1v) is 10.6. The zero-order valence-electron chi connectivity index (χ0n) is 16.3. The molecule has 0 aliphatic carbocycles. The molecule has 0 fully saturated rings. The van der Waals surface area contributed by atoms with Crippen LogP contribution in [0.25, 0.3) is 0 Å². The summed E-state index contributed by atoms with van der Waals surface area (Å²) in [5, 5.41) is 5.12. The minimum absolute atomic E-state index is 0.0719. The normalized spacial score (nSPS) is 17.7. The lowest BCUT2D eigenvalue weighted by molar-refractivity contribution is 0.0919. The van der Waals surface area contributed by atoms with E-state index in [1.165, 1.54) is 27.1 Å². The number of amides is 1. The average Bonchev–Trinajstić information content (AvgIpc) is 2.89. The van der Waals surface area contributed by atoms with Crippen molar-refractivity contribution in [2.45, 2.75) is 30.5 Å². The van der Waals surface area contributed by atoms with E-state index < -0.39 is 0 Å². The fraction of sp³-hybridized carbons (Fsp3) is 0.217. The smallest absolute Gasteiger partial charge is 0.271 e. The van der Waals surface area contributed by atoms with Crippen LogP contribution >= 0.6 is 11.8 Å². The van der Waals surface area contributed by atoms with Crippen LogP contribution < -0.4 is 15.8 Å². The number of aromatic nitrogens is 1. The lowest BCUT2D eigenvalue weighted by Gasteiger charge is -2.40. The van der Waals surface area contributed by atoms with E-state index >= 15 is 0 Å². The van der Waals surface area contributed by atoms with Crippen molar-refractivity contribution in [3.8, 4) is 0 Å². The Morgan fingerprint density at radius 1 is 1.00 bits per heavy atom. The topological polar surface area (TPSA) is 54.3 Å². The number of carbonyl (C=O) groups excluding carboxylic acids is 1. The van der Waals surface area contributed by atoms with E-state index in [0.29, 0.717) is 17.9 Å². The second-order valence-corrected chi connectivity index (χ2v) is 8.47. The van der Waals surface area contributed by atoms with Crippen molar-refractivity contribution in [3.63, 3.8) is 0 Å². The van der Waals surface area contributed by atoms with Gasteiger partial charge in [-0.1, -0.05) is 42.5 Å². The summed E-state index contributed by atoms with van der Waals surface area (Å²) in [7, 11) is 0. The number of carbonyl (C=O) groups is 1. The van der Waals surface area contributed by atoms with E-state index in [9.17, 15) is 9.59 Å². The van der Waals surface area contributed by atoms with Gasteiger partial charge in [0.2, 0.25) is 0 Å². The number of benzene rings is 2. The molecule has 146 valence electrons. The highest BCUT2D eigenvalue weighted by Crippen LogP contribution is 2.43. The molecule has 0 radical (unpaired) electrons. The highest BCUT2D eigenvalue weighted by Gasteiger charge is 2.34. The first-order valence-electron chi connectivity index (χ1n) is 9.64. The number of hydrogen-bond acceptors (Lipinski definition) is 4. The van der Waals surface area contributed by atoms with Crippen molar-refractivity contribution in [2.75, 3.05) is 11.7 Å². The van der Waals surface area contributed by atoms with Crippen LogP contribution in [-0.2, 0) is 5.75 Å². The molecule has 3 aromatic rings. The van der Waals surface area contributed by atoms with Gasteiger partial charge in [0, 0.05) is 28.5 Å². The fourth-order valence-corrected chi connectivity index (χ4v) is 5.51. The van der Waals surface area contributed by atoms with E-state index in [-0.39, 0.29) is 17.4 Å². The lowest BCUT2D eigenvalue weighted by Crippen LogP contribution is -2.54. The van der Waals surface area contributed by atoms with Gasteiger partial charge in [-0.05, 0) is 36.1 Å². The van der Waals surface area contributed by atoms with E-state index in [1.807, 2.05) is 16.4 Å². The fourth-order valence-electron chi connectivity index (χ4n) is 4.30. The molecular weight excluding hydrogens is 382 g/mol. The Labute approximate surface area is 173 Å². The number of rotatable bonds is 1. The Hall–Kier alpha value is -2.99. The van der Waals surface area contributed by atoms with Crippen LogP contribution in [0.5, 0.6) is 0 Å².